The molecular formula is C16H28N2O. The molecule has 0 aromatic carbocycles. The molecule has 0 radical (unpaired) electrons. The van der Waals surface area contributed by atoms with E-state index in [1.807, 2.05) is 7.05 Å². The normalized spacial score (nSPS) is 17.9. The third-order valence-electron chi connectivity index (χ3n) is 4.26. The van der Waals surface area contributed by atoms with Gasteiger partial charge in [0.15, 0.2) is 0 Å². The van der Waals surface area contributed by atoms with Crippen molar-refractivity contribution in [3.05, 3.63) is 23.2 Å². The maximum atomic E-state index is 5.94. The molecular weight excluding hydrogens is 236 g/mol. The average molecular weight is 264 g/mol. The minimum Gasteiger partial charge on any atom is -0.463 e. The van der Waals surface area contributed by atoms with Gasteiger partial charge in [0, 0.05) is 6.04 Å². The first kappa shape index (κ1) is 14.6. The Kier molecular flexibility index (Phi) is 5.46. The molecule has 1 saturated carbocycles. The van der Waals surface area contributed by atoms with Gasteiger partial charge in [-0.25, -0.2) is 0 Å². The van der Waals surface area contributed by atoms with Crippen molar-refractivity contribution in [2.45, 2.75) is 64.6 Å². The third kappa shape index (κ3) is 4.08. The fourth-order valence-corrected chi connectivity index (χ4v) is 3.08. The second-order valence-electron chi connectivity index (χ2n) is 5.91. The molecule has 19 heavy (non-hydrogen) atoms. The van der Waals surface area contributed by atoms with Crippen LogP contribution in [0.4, 0.5) is 0 Å². The second-order valence-corrected chi connectivity index (χ2v) is 5.91. The van der Waals surface area contributed by atoms with E-state index in [-0.39, 0.29) is 0 Å². The lowest BCUT2D eigenvalue weighted by Gasteiger charge is -2.26. The predicted octanol–water partition coefficient (Wildman–Crippen LogP) is 3.46. The van der Waals surface area contributed by atoms with Crippen LogP contribution < -0.4 is 5.32 Å². The smallest absolute Gasteiger partial charge is 0.120 e. The van der Waals surface area contributed by atoms with E-state index in [0.29, 0.717) is 0 Å². The molecule has 0 aliphatic heterocycles. The van der Waals surface area contributed by atoms with Crippen LogP contribution >= 0.6 is 0 Å². The van der Waals surface area contributed by atoms with Gasteiger partial charge in [0.25, 0.3) is 0 Å². The standard InChI is InChI=1S/C16H28N2O/c1-13-10-15(19-16(13)11-17-2)12-18(3)14-8-6-4-5-7-9-14/h10,14,17H,4-9,11-12H2,1-3H3. The van der Waals surface area contributed by atoms with Gasteiger partial charge in [-0.3, -0.25) is 4.90 Å². The first-order valence-electron chi connectivity index (χ1n) is 7.63. The summed E-state index contributed by atoms with van der Waals surface area (Å²) in [5.74, 6) is 2.18. The van der Waals surface area contributed by atoms with Crippen LogP contribution in [0.25, 0.3) is 0 Å². The molecule has 0 amide bonds. The molecule has 1 aromatic rings. The molecule has 1 N–H and O–H groups in total. The maximum Gasteiger partial charge on any atom is 0.120 e. The Morgan fingerprint density at radius 1 is 1.26 bits per heavy atom. The Hall–Kier alpha value is -0.800. The molecule has 1 heterocycles. The van der Waals surface area contributed by atoms with Crippen LogP contribution in [-0.4, -0.2) is 25.0 Å². The van der Waals surface area contributed by atoms with Gasteiger partial charge in [0.2, 0.25) is 0 Å². The van der Waals surface area contributed by atoms with Gasteiger partial charge in [-0.05, 0) is 45.5 Å². The summed E-state index contributed by atoms with van der Waals surface area (Å²) in [6.45, 7) is 3.89. The van der Waals surface area contributed by atoms with Crippen LogP contribution in [0.15, 0.2) is 10.5 Å². The van der Waals surface area contributed by atoms with Gasteiger partial charge in [0.05, 0.1) is 13.1 Å². The molecule has 2 rings (SSSR count). The quantitative estimate of drug-likeness (QED) is 0.826. The highest BCUT2D eigenvalue weighted by atomic mass is 16.3. The highest BCUT2D eigenvalue weighted by Crippen LogP contribution is 2.23. The number of nitrogens with zero attached hydrogens (tertiary/aromatic N) is 1. The first-order chi connectivity index (χ1) is 9.20. The molecule has 0 bridgehead atoms. The fraction of sp³-hybridized carbons (Fsp3) is 0.750. The first-order valence-corrected chi connectivity index (χ1v) is 7.63. The van der Waals surface area contributed by atoms with Crippen molar-refractivity contribution < 1.29 is 4.42 Å². The monoisotopic (exact) mass is 264 g/mol. The lowest BCUT2D eigenvalue weighted by atomic mass is 10.1. The van der Waals surface area contributed by atoms with Crippen LogP contribution in [0, 0.1) is 6.92 Å². The highest BCUT2D eigenvalue weighted by molar-refractivity contribution is 5.20. The topological polar surface area (TPSA) is 28.4 Å². The molecule has 0 saturated heterocycles. The highest BCUT2D eigenvalue weighted by Gasteiger charge is 2.18. The molecule has 3 nitrogen and oxygen atoms in total. The van der Waals surface area contributed by atoms with E-state index in [0.717, 1.165) is 30.7 Å². The van der Waals surface area contributed by atoms with Crippen LogP contribution in [0.1, 0.15) is 55.6 Å². The minimum atomic E-state index is 0.737. The van der Waals surface area contributed by atoms with E-state index in [1.54, 1.807) is 0 Å². The van der Waals surface area contributed by atoms with Gasteiger partial charge < -0.3 is 9.73 Å². The van der Waals surface area contributed by atoms with Gasteiger partial charge in [0.1, 0.15) is 11.5 Å². The third-order valence-corrected chi connectivity index (χ3v) is 4.26. The van der Waals surface area contributed by atoms with Crippen molar-refractivity contribution in [3.8, 4) is 0 Å². The minimum absolute atomic E-state index is 0.737. The van der Waals surface area contributed by atoms with Crippen molar-refractivity contribution in [1.82, 2.24) is 10.2 Å². The van der Waals surface area contributed by atoms with Gasteiger partial charge in [-0.1, -0.05) is 25.7 Å². The molecule has 0 unspecified atom stereocenters. The molecule has 0 spiro atoms. The zero-order valence-corrected chi connectivity index (χ0v) is 12.7. The number of hydrogen-bond acceptors (Lipinski definition) is 3. The SMILES string of the molecule is CNCc1oc(CN(C)C2CCCCCC2)cc1C. The lowest BCUT2D eigenvalue weighted by Crippen LogP contribution is -2.30. The van der Waals surface area contributed by atoms with Crippen molar-refractivity contribution in [2.75, 3.05) is 14.1 Å². The second kappa shape index (κ2) is 7.11. The molecule has 1 aliphatic carbocycles. The van der Waals surface area contributed by atoms with E-state index >= 15 is 0 Å². The van der Waals surface area contributed by atoms with Crippen molar-refractivity contribution in [3.63, 3.8) is 0 Å². The van der Waals surface area contributed by atoms with E-state index < -0.39 is 0 Å². The lowest BCUT2D eigenvalue weighted by molar-refractivity contribution is 0.196. The van der Waals surface area contributed by atoms with E-state index in [4.69, 9.17) is 4.42 Å². The summed E-state index contributed by atoms with van der Waals surface area (Å²) >= 11 is 0. The number of rotatable bonds is 5. The summed E-state index contributed by atoms with van der Waals surface area (Å²) in [4.78, 5) is 2.48. The summed E-state index contributed by atoms with van der Waals surface area (Å²) in [7, 11) is 4.20. The molecule has 1 aromatic heterocycles. The Balaban J connectivity index is 1.93. The molecule has 1 aliphatic rings. The van der Waals surface area contributed by atoms with Crippen molar-refractivity contribution in [1.29, 1.82) is 0 Å². The van der Waals surface area contributed by atoms with Crippen LogP contribution in [0.2, 0.25) is 0 Å². The zero-order valence-electron chi connectivity index (χ0n) is 12.7. The Morgan fingerprint density at radius 2 is 1.95 bits per heavy atom. The molecule has 108 valence electrons. The Bertz CT molecular complexity index is 378. The molecule has 0 atom stereocenters. The molecule has 1 fully saturated rings. The Morgan fingerprint density at radius 3 is 2.58 bits per heavy atom. The summed E-state index contributed by atoms with van der Waals surface area (Å²) in [5.41, 5.74) is 1.26. The van der Waals surface area contributed by atoms with E-state index in [2.05, 4.69) is 30.3 Å². The van der Waals surface area contributed by atoms with E-state index in [9.17, 15) is 0 Å². The van der Waals surface area contributed by atoms with Crippen molar-refractivity contribution in [2.24, 2.45) is 0 Å². The summed E-state index contributed by atoms with van der Waals surface area (Å²) < 4.78 is 5.94. The zero-order chi connectivity index (χ0) is 13.7. The summed E-state index contributed by atoms with van der Waals surface area (Å²) in [6.07, 6.45) is 8.29. The average Bonchev–Trinajstić information content (AvgIpc) is 2.60. The number of nitrogens with one attached hydrogen (secondary N) is 1. The molecule has 3 heteroatoms. The van der Waals surface area contributed by atoms with Gasteiger partial charge in [-0.2, -0.15) is 0 Å². The van der Waals surface area contributed by atoms with Gasteiger partial charge in [-0.15, -0.1) is 0 Å². The fourth-order valence-electron chi connectivity index (χ4n) is 3.08. The van der Waals surface area contributed by atoms with Crippen molar-refractivity contribution >= 4 is 0 Å². The largest absolute Gasteiger partial charge is 0.463 e. The predicted molar refractivity (Wildman–Crippen MR) is 79.2 cm³/mol. The summed E-state index contributed by atoms with van der Waals surface area (Å²) in [5, 5.41) is 3.16. The Labute approximate surface area is 117 Å². The summed E-state index contributed by atoms with van der Waals surface area (Å²) in [6, 6.07) is 2.93. The van der Waals surface area contributed by atoms with E-state index in [1.165, 1.54) is 44.1 Å². The number of aryl methyl sites for hydroxylation is 1. The van der Waals surface area contributed by atoms with Gasteiger partial charge >= 0.3 is 0 Å². The van der Waals surface area contributed by atoms with Crippen LogP contribution in [0.3, 0.4) is 0 Å². The van der Waals surface area contributed by atoms with Crippen LogP contribution in [-0.2, 0) is 13.1 Å². The van der Waals surface area contributed by atoms with Crippen LogP contribution in [0.5, 0.6) is 0 Å². The maximum absolute atomic E-state index is 5.94. The number of hydrogen-bond donors (Lipinski definition) is 1. The number of furan rings is 1.